The molecule has 0 atom stereocenters. The number of hydrogen-bond acceptors (Lipinski definition) is 3. The Morgan fingerprint density at radius 3 is 2.51 bits per heavy atom. The molecule has 1 fully saturated rings. The summed E-state index contributed by atoms with van der Waals surface area (Å²) in [6.07, 6.45) is 3.36. The summed E-state index contributed by atoms with van der Waals surface area (Å²) in [7, 11) is 0. The van der Waals surface area contributed by atoms with Crippen molar-refractivity contribution >= 4 is 34.2 Å². The molecule has 0 bridgehead atoms. The molecule has 0 spiro atoms. The van der Waals surface area contributed by atoms with Gasteiger partial charge in [0.1, 0.15) is 5.82 Å². The number of anilines is 1. The lowest BCUT2D eigenvalue weighted by atomic mass is 9.89. The zero-order chi connectivity index (χ0) is 25.8. The van der Waals surface area contributed by atoms with Crippen molar-refractivity contribution in [3.63, 3.8) is 0 Å². The number of nitrogens with zero attached hydrogens (tertiary/aromatic N) is 3. The first kappa shape index (κ1) is 25.5. The van der Waals surface area contributed by atoms with Crippen LogP contribution in [0.2, 0.25) is 5.02 Å². The molecular weight excluding hydrogens is 480 g/mol. The molecule has 2 heterocycles. The highest BCUT2D eigenvalue weighted by Gasteiger charge is 2.21. The maximum Gasteiger partial charge on any atom is 0.226 e. The van der Waals surface area contributed by atoms with Crippen LogP contribution in [0.15, 0.2) is 72.8 Å². The number of imidazole rings is 1. The summed E-state index contributed by atoms with van der Waals surface area (Å²) < 4.78 is 2.35. The third-order valence-corrected chi connectivity index (χ3v) is 7.60. The van der Waals surface area contributed by atoms with Gasteiger partial charge in [-0.3, -0.25) is 4.79 Å². The zero-order valence-electron chi connectivity index (χ0n) is 21.7. The second kappa shape index (κ2) is 11.5. The minimum atomic E-state index is -0.0190. The number of benzene rings is 3. The maximum absolute atomic E-state index is 12.1. The van der Waals surface area contributed by atoms with Gasteiger partial charge >= 0.3 is 0 Å². The van der Waals surface area contributed by atoms with Gasteiger partial charge in [0.2, 0.25) is 5.91 Å². The molecule has 1 aliphatic heterocycles. The van der Waals surface area contributed by atoms with Crippen LogP contribution in [-0.2, 0) is 11.3 Å². The van der Waals surface area contributed by atoms with Gasteiger partial charge in [0.05, 0.1) is 11.0 Å². The monoisotopic (exact) mass is 514 g/mol. The number of piperidine rings is 1. The maximum atomic E-state index is 12.1. The van der Waals surface area contributed by atoms with Gasteiger partial charge in [0.15, 0.2) is 0 Å². The van der Waals surface area contributed by atoms with Crippen LogP contribution in [0.4, 0.5) is 5.69 Å². The summed E-state index contributed by atoms with van der Waals surface area (Å²) in [5.74, 6) is 1.59. The van der Waals surface area contributed by atoms with Crippen LogP contribution in [0, 0.1) is 5.92 Å². The van der Waals surface area contributed by atoms with E-state index in [0.717, 1.165) is 73.1 Å². The molecule has 4 aromatic rings. The molecule has 0 unspecified atom stereocenters. The number of carbonyl (C=O) groups excluding carboxylic acids is 1. The smallest absolute Gasteiger partial charge is 0.226 e. The number of rotatable bonds is 8. The molecule has 6 heteroatoms. The second-order valence-electron chi connectivity index (χ2n) is 10.3. The molecule has 5 rings (SSSR count). The highest BCUT2D eigenvalue weighted by Crippen LogP contribution is 2.30. The lowest BCUT2D eigenvalue weighted by Crippen LogP contribution is -2.34. The number of amides is 1. The van der Waals surface area contributed by atoms with Gasteiger partial charge in [-0.2, -0.15) is 0 Å². The van der Waals surface area contributed by atoms with Gasteiger partial charge in [0, 0.05) is 28.7 Å². The molecule has 192 valence electrons. The molecule has 37 heavy (non-hydrogen) atoms. The molecule has 1 N–H and O–H groups in total. The van der Waals surface area contributed by atoms with Crippen LogP contribution in [0.3, 0.4) is 0 Å². The van der Waals surface area contributed by atoms with E-state index in [1.54, 1.807) is 0 Å². The minimum absolute atomic E-state index is 0.0190. The fourth-order valence-electron chi connectivity index (χ4n) is 5.22. The molecule has 5 nitrogen and oxygen atoms in total. The number of carbonyl (C=O) groups is 1. The Hall–Kier alpha value is -3.15. The summed E-state index contributed by atoms with van der Waals surface area (Å²) in [6, 6.07) is 24.7. The standard InChI is InChI=1S/C31H35ClN4O/c1-22(2)31(37)33-27-8-5-7-25(21-27)23-15-19-35(20-16-23)17-6-18-36-29-10-4-3-9-28(29)34-30(36)24-11-13-26(32)14-12-24/h3-5,7-14,21-23H,6,15-20H2,1-2H3,(H,33,37). The highest BCUT2D eigenvalue weighted by atomic mass is 35.5. The van der Waals surface area contributed by atoms with E-state index < -0.39 is 0 Å². The third-order valence-electron chi connectivity index (χ3n) is 7.35. The lowest BCUT2D eigenvalue weighted by Gasteiger charge is -2.32. The Morgan fingerprint density at radius 1 is 1.00 bits per heavy atom. The van der Waals surface area contributed by atoms with Gasteiger partial charge in [-0.05, 0) is 98.9 Å². The average molecular weight is 515 g/mol. The third kappa shape index (κ3) is 6.06. The SMILES string of the molecule is CC(C)C(=O)Nc1cccc(C2CCN(CCCn3c(-c4ccc(Cl)cc4)nc4ccccc43)CC2)c1. The Labute approximate surface area is 224 Å². The quantitative estimate of drug-likeness (QED) is 0.270. The molecule has 1 amide bonds. The van der Waals surface area contributed by atoms with E-state index in [-0.39, 0.29) is 11.8 Å². The first-order chi connectivity index (χ1) is 18.0. The summed E-state index contributed by atoms with van der Waals surface area (Å²) in [4.78, 5) is 19.6. The number of likely N-dealkylation sites (tertiary alicyclic amines) is 1. The van der Waals surface area contributed by atoms with E-state index in [4.69, 9.17) is 16.6 Å². The van der Waals surface area contributed by atoms with Crippen molar-refractivity contribution < 1.29 is 4.79 Å². The van der Waals surface area contributed by atoms with Crippen LogP contribution < -0.4 is 5.32 Å². The van der Waals surface area contributed by atoms with Gasteiger partial charge in [-0.25, -0.2) is 4.98 Å². The fraction of sp³-hybridized carbons (Fsp3) is 0.355. The number of para-hydroxylation sites is 2. The van der Waals surface area contributed by atoms with Crippen molar-refractivity contribution in [2.75, 3.05) is 25.0 Å². The van der Waals surface area contributed by atoms with Crippen LogP contribution >= 0.6 is 11.6 Å². The van der Waals surface area contributed by atoms with E-state index in [9.17, 15) is 4.79 Å². The predicted octanol–water partition coefficient (Wildman–Crippen LogP) is 7.22. The molecule has 0 aliphatic carbocycles. The van der Waals surface area contributed by atoms with Gasteiger partial charge in [-0.15, -0.1) is 0 Å². The predicted molar refractivity (Wildman–Crippen MR) is 153 cm³/mol. The normalized spacial score (nSPS) is 14.9. The van der Waals surface area contributed by atoms with E-state index >= 15 is 0 Å². The van der Waals surface area contributed by atoms with Crippen LogP contribution in [0.5, 0.6) is 0 Å². The Kier molecular flexibility index (Phi) is 7.92. The second-order valence-corrected chi connectivity index (χ2v) is 10.8. The van der Waals surface area contributed by atoms with Crippen LogP contribution in [-0.4, -0.2) is 40.0 Å². The molecule has 1 aromatic heterocycles. The molecule has 1 saturated heterocycles. The Balaban J connectivity index is 1.19. The molecule has 0 saturated carbocycles. The van der Waals surface area contributed by atoms with E-state index in [2.05, 4.69) is 51.2 Å². The van der Waals surface area contributed by atoms with Crippen molar-refractivity contribution in [2.45, 2.75) is 45.6 Å². The Morgan fingerprint density at radius 2 is 1.76 bits per heavy atom. The number of fused-ring (bicyclic) bond motifs is 1. The van der Waals surface area contributed by atoms with E-state index in [1.165, 1.54) is 11.1 Å². The molecule has 3 aromatic carbocycles. The Bertz CT molecular complexity index is 1350. The number of aryl methyl sites for hydroxylation is 1. The number of hydrogen-bond donors (Lipinski definition) is 1. The van der Waals surface area contributed by atoms with Gasteiger partial charge in [-0.1, -0.05) is 49.7 Å². The summed E-state index contributed by atoms with van der Waals surface area (Å²) in [6.45, 7) is 8.04. The fourth-order valence-corrected chi connectivity index (χ4v) is 5.35. The van der Waals surface area contributed by atoms with Crippen molar-refractivity contribution in [2.24, 2.45) is 5.92 Å². The highest BCUT2D eigenvalue weighted by molar-refractivity contribution is 6.30. The zero-order valence-corrected chi connectivity index (χ0v) is 22.4. The topological polar surface area (TPSA) is 50.2 Å². The minimum Gasteiger partial charge on any atom is -0.326 e. The summed E-state index contributed by atoms with van der Waals surface area (Å²) in [5.41, 5.74) is 5.53. The van der Waals surface area contributed by atoms with Crippen LogP contribution in [0.1, 0.15) is 44.6 Å². The molecule has 0 radical (unpaired) electrons. The number of halogens is 1. The van der Waals surface area contributed by atoms with Crippen molar-refractivity contribution in [3.8, 4) is 11.4 Å². The van der Waals surface area contributed by atoms with Crippen molar-refractivity contribution in [1.29, 1.82) is 0 Å². The largest absolute Gasteiger partial charge is 0.326 e. The first-order valence-corrected chi connectivity index (χ1v) is 13.7. The summed E-state index contributed by atoms with van der Waals surface area (Å²) in [5, 5.41) is 3.78. The number of nitrogens with one attached hydrogen (secondary N) is 1. The van der Waals surface area contributed by atoms with Gasteiger partial charge in [0.25, 0.3) is 0 Å². The first-order valence-electron chi connectivity index (χ1n) is 13.3. The van der Waals surface area contributed by atoms with Crippen LogP contribution in [0.25, 0.3) is 22.4 Å². The van der Waals surface area contributed by atoms with Gasteiger partial charge < -0.3 is 14.8 Å². The lowest BCUT2D eigenvalue weighted by molar-refractivity contribution is -0.118. The molecule has 1 aliphatic rings. The average Bonchev–Trinajstić information content (AvgIpc) is 3.28. The van der Waals surface area contributed by atoms with E-state index in [0.29, 0.717) is 5.92 Å². The van der Waals surface area contributed by atoms with Crippen molar-refractivity contribution in [3.05, 3.63) is 83.4 Å². The number of aromatic nitrogens is 2. The van der Waals surface area contributed by atoms with Crippen molar-refractivity contribution in [1.82, 2.24) is 14.5 Å². The van der Waals surface area contributed by atoms with E-state index in [1.807, 2.05) is 50.2 Å². The summed E-state index contributed by atoms with van der Waals surface area (Å²) >= 11 is 6.13. The molecular formula is C31H35ClN4O.